The number of anilines is 1. The minimum Gasteiger partial charge on any atom is -0.395 e. The van der Waals surface area contributed by atoms with Crippen LogP contribution in [0.15, 0.2) is 83.9 Å². The van der Waals surface area contributed by atoms with E-state index in [4.69, 9.17) is 10.3 Å². The quantitative estimate of drug-likeness (QED) is 0.107. The third kappa shape index (κ3) is 5.80. The van der Waals surface area contributed by atoms with E-state index in [0.717, 1.165) is 38.8 Å². The Kier molecular flexibility index (Phi) is 8.32. The van der Waals surface area contributed by atoms with Gasteiger partial charge in [-0.05, 0) is 77.9 Å². The molecule has 1 aliphatic rings. The molecule has 0 aliphatic heterocycles. The molecule has 5 N–H and O–H groups in total. The number of amides is 1. The SMILES string of the molecule is O=C(/C=C/c1ccc2c(c1)CCC2N(CCc1c[nH]c2ccccc12)S(=O)(=O)c1ccc(NCCO)cc1)NO. The van der Waals surface area contributed by atoms with Gasteiger partial charge in [0, 0.05) is 42.0 Å². The first kappa shape index (κ1) is 27.6. The standard InChI is InChI=1S/C30H32N4O5S/c35-18-16-31-24-8-10-25(11-9-24)40(38,39)34(17-15-23-20-32-28-4-2-1-3-26(23)28)29-13-7-22-19-21(5-12-27(22)29)6-14-30(36)33-37/h1-6,8-12,14,19-20,29,31-32,35,37H,7,13,15-18H2,(H,33,36)/b14-6+. The number of hydrogen-bond acceptors (Lipinski definition) is 6. The molecule has 0 spiro atoms. The number of para-hydroxylation sites is 1. The summed E-state index contributed by atoms with van der Waals surface area (Å²) < 4.78 is 29.9. The summed E-state index contributed by atoms with van der Waals surface area (Å²) in [5, 5.41) is 21.9. The van der Waals surface area contributed by atoms with Crippen LogP contribution in [0.4, 0.5) is 5.69 Å². The molecular formula is C30H32N4O5S. The summed E-state index contributed by atoms with van der Waals surface area (Å²) in [6.45, 7) is 0.662. The molecule has 1 atom stereocenters. The lowest BCUT2D eigenvalue weighted by Gasteiger charge is -2.29. The lowest BCUT2D eigenvalue weighted by molar-refractivity contribution is -0.124. The minimum atomic E-state index is -3.85. The maximum absolute atomic E-state index is 14.1. The van der Waals surface area contributed by atoms with Crippen molar-refractivity contribution in [3.63, 3.8) is 0 Å². The molecule has 40 heavy (non-hydrogen) atoms. The highest BCUT2D eigenvalue weighted by molar-refractivity contribution is 7.89. The monoisotopic (exact) mass is 560 g/mol. The van der Waals surface area contributed by atoms with E-state index < -0.39 is 15.9 Å². The summed E-state index contributed by atoms with van der Waals surface area (Å²) in [6.07, 6.45) is 6.69. The molecule has 1 heterocycles. The molecule has 1 aromatic heterocycles. The second kappa shape index (κ2) is 12.1. The van der Waals surface area contributed by atoms with Crippen molar-refractivity contribution >= 4 is 38.6 Å². The fourth-order valence-electron chi connectivity index (χ4n) is 5.32. The number of benzene rings is 3. The number of hydrogen-bond donors (Lipinski definition) is 5. The number of nitrogens with zero attached hydrogens (tertiary/aromatic N) is 1. The number of carbonyl (C=O) groups is 1. The maximum atomic E-state index is 14.1. The van der Waals surface area contributed by atoms with Gasteiger partial charge in [0.15, 0.2) is 0 Å². The van der Waals surface area contributed by atoms with Crippen LogP contribution in [0.1, 0.15) is 34.7 Å². The average Bonchev–Trinajstić information content (AvgIpc) is 3.59. The van der Waals surface area contributed by atoms with E-state index in [9.17, 15) is 13.2 Å². The molecule has 0 fully saturated rings. The van der Waals surface area contributed by atoms with E-state index in [-0.39, 0.29) is 17.5 Å². The molecule has 208 valence electrons. The summed E-state index contributed by atoms with van der Waals surface area (Å²) in [7, 11) is -3.85. The number of aliphatic hydroxyl groups is 1. The van der Waals surface area contributed by atoms with Gasteiger partial charge in [-0.2, -0.15) is 4.31 Å². The first-order chi connectivity index (χ1) is 19.4. The summed E-state index contributed by atoms with van der Waals surface area (Å²) in [6, 6.07) is 20.0. The van der Waals surface area contributed by atoms with Crippen molar-refractivity contribution in [1.29, 1.82) is 0 Å². The van der Waals surface area contributed by atoms with Gasteiger partial charge in [0.25, 0.3) is 5.91 Å². The van der Waals surface area contributed by atoms with Crippen molar-refractivity contribution in [2.45, 2.75) is 30.2 Å². The normalized spacial score (nSPS) is 15.1. The number of fused-ring (bicyclic) bond motifs is 2. The minimum absolute atomic E-state index is 0.0190. The van der Waals surface area contributed by atoms with Crippen molar-refractivity contribution in [1.82, 2.24) is 14.8 Å². The van der Waals surface area contributed by atoms with Crippen LogP contribution in [-0.2, 0) is 27.7 Å². The summed E-state index contributed by atoms with van der Waals surface area (Å²) in [4.78, 5) is 14.9. The van der Waals surface area contributed by atoms with E-state index in [2.05, 4.69) is 10.3 Å². The third-order valence-electron chi connectivity index (χ3n) is 7.28. The number of H-pyrrole nitrogens is 1. The third-order valence-corrected chi connectivity index (χ3v) is 9.20. The van der Waals surface area contributed by atoms with Crippen molar-refractivity contribution in [3.05, 3.63) is 101 Å². The number of nitrogens with one attached hydrogen (secondary N) is 3. The second-order valence-electron chi connectivity index (χ2n) is 9.72. The van der Waals surface area contributed by atoms with E-state index in [1.165, 1.54) is 6.08 Å². The topological polar surface area (TPSA) is 135 Å². The van der Waals surface area contributed by atoms with Gasteiger partial charge in [-0.25, -0.2) is 13.9 Å². The number of rotatable bonds is 11. The van der Waals surface area contributed by atoms with Crippen LogP contribution >= 0.6 is 0 Å². The summed E-state index contributed by atoms with van der Waals surface area (Å²) in [5.74, 6) is -0.620. The summed E-state index contributed by atoms with van der Waals surface area (Å²) in [5.41, 5.74) is 7.16. The number of aromatic amines is 1. The van der Waals surface area contributed by atoms with Crippen LogP contribution in [0.3, 0.4) is 0 Å². The first-order valence-corrected chi connectivity index (χ1v) is 14.6. The number of aryl methyl sites for hydroxylation is 1. The molecule has 4 aromatic rings. The molecular weight excluding hydrogens is 528 g/mol. The molecule has 1 amide bonds. The predicted octanol–water partition coefficient (Wildman–Crippen LogP) is 4.01. The van der Waals surface area contributed by atoms with Crippen LogP contribution in [0, 0.1) is 0 Å². The van der Waals surface area contributed by atoms with Gasteiger partial charge < -0.3 is 15.4 Å². The van der Waals surface area contributed by atoms with Crippen LogP contribution in [-0.4, -0.2) is 53.6 Å². The van der Waals surface area contributed by atoms with Gasteiger partial charge in [-0.15, -0.1) is 0 Å². The maximum Gasteiger partial charge on any atom is 0.267 e. The second-order valence-corrected chi connectivity index (χ2v) is 11.6. The van der Waals surface area contributed by atoms with Gasteiger partial charge >= 0.3 is 0 Å². The van der Waals surface area contributed by atoms with Gasteiger partial charge in [-0.3, -0.25) is 10.0 Å². The Hall–Kier alpha value is -3.96. The highest BCUT2D eigenvalue weighted by atomic mass is 32.2. The first-order valence-electron chi connectivity index (χ1n) is 13.2. The molecule has 10 heteroatoms. The van der Waals surface area contributed by atoms with Crippen LogP contribution in [0.2, 0.25) is 0 Å². The molecule has 0 radical (unpaired) electrons. The Labute approximate surface area is 233 Å². The molecule has 0 bridgehead atoms. The molecule has 9 nitrogen and oxygen atoms in total. The predicted molar refractivity (Wildman–Crippen MR) is 154 cm³/mol. The van der Waals surface area contributed by atoms with Gasteiger partial charge in [0.2, 0.25) is 10.0 Å². The number of sulfonamides is 1. The van der Waals surface area contributed by atoms with Gasteiger partial charge in [0.05, 0.1) is 17.5 Å². The molecule has 1 unspecified atom stereocenters. The van der Waals surface area contributed by atoms with E-state index >= 15 is 0 Å². The molecule has 0 saturated heterocycles. The molecule has 0 saturated carbocycles. The smallest absolute Gasteiger partial charge is 0.267 e. The van der Waals surface area contributed by atoms with Gasteiger partial charge in [-0.1, -0.05) is 36.4 Å². The van der Waals surface area contributed by atoms with E-state index in [1.807, 2.05) is 48.7 Å². The Morgan fingerprint density at radius 3 is 2.67 bits per heavy atom. The highest BCUT2D eigenvalue weighted by Gasteiger charge is 2.36. The van der Waals surface area contributed by atoms with Crippen molar-refractivity contribution in [2.24, 2.45) is 0 Å². The van der Waals surface area contributed by atoms with Crippen molar-refractivity contribution in [2.75, 3.05) is 25.0 Å². The van der Waals surface area contributed by atoms with E-state index in [0.29, 0.717) is 32.4 Å². The van der Waals surface area contributed by atoms with Gasteiger partial charge in [0.1, 0.15) is 0 Å². The average molecular weight is 561 g/mol. The fraction of sp³-hybridized carbons (Fsp3) is 0.233. The number of aliphatic hydroxyl groups excluding tert-OH is 1. The Morgan fingerprint density at radius 2 is 1.90 bits per heavy atom. The largest absolute Gasteiger partial charge is 0.395 e. The Balaban J connectivity index is 1.47. The Morgan fingerprint density at radius 1 is 1.10 bits per heavy atom. The molecule has 5 rings (SSSR count). The van der Waals surface area contributed by atoms with Crippen LogP contribution in [0.5, 0.6) is 0 Å². The van der Waals surface area contributed by atoms with Crippen molar-refractivity contribution in [3.8, 4) is 0 Å². The fourth-order valence-corrected chi connectivity index (χ4v) is 6.96. The Bertz CT molecular complexity index is 1630. The number of carbonyl (C=O) groups excluding carboxylic acids is 1. The molecule has 1 aliphatic carbocycles. The van der Waals surface area contributed by atoms with Crippen molar-refractivity contribution < 1.29 is 23.5 Å². The number of hydroxylamine groups is 1. The lowest BCUT2D eigenvalue weighted by Crippen LogP contribution is -2.35. The zero-order valence-corrected chi connectivity index (χ0v) is 22.7. The van der Waals surface area contributed by atoms with Crippen LogP contribution in [0.25, 0.3) is 17.0 Å². The van der Waals surface area contributed by atoms with E-state index in [1.54, 1.807) is 40.1 Å². The summed E-state index contributed by atoms with van der Waals surface area (Å²) >= 11 is 0. The lowest BCUT2D eigenvalue weighted by atomic mass is 10.0. The van der Waals surface area contributed by atoms with Crippen LogP contribution < -0.4 is 10.8 Å². The number of aromatic nitrogens is 1. The molecule has 3 aromatic carbocycles. The zero-order chi connectivity index (χ0) is 28.1. The zero-order valence-electron chi connectivity index (χ0n) is 21.9. The highest BCUT2D eigenvalue weighted by Crippen LogP contribution is 2.39.